The third-order valence-electron chi connectivity index (χ3n) is 4.01. The highest BCUT2D eigenvalue weighted by atomic mass is 32.2. The fraction of sp³-hybridized carbons (Fsp3) is 0.353. The Labute approximate surface area is 161 Å². The van der Waals surface area contributed by atoms with Gasteiger partial charge in [0.25, 0.3) is 5.91 Å². The number of esters is 1. The summed E-state index contributed by atoms with van der Waals surface area (Å²) in [5.74, 6) is -1.06. The molecule has 10 heteroatoms. The van der Waals surface area contributed by atoms with Crippen LogP contribution in [0.2, 0.25) is 0 Å². The number of anilines is 1. The van der Waals surface area contributed by atoms with E-state index in [1.807, 2.05) is 0 Å². The van der Waals surface area contributed by atoms with Crippen LogP contribution in [0, 0.1) is 0 Å². The monoisotopic (exact) mass is 409 g/mol. The van der Waals surface area contributed by atoms with Crippen molar-refractivity contribution in [2.45, 2.75) is 24.7 Å². The zero-order valence-electron chi connectivity index (χ0n) is 14.7. The number of nitrogens with one attached hydrogen (secondary N) is 1. The van der Waals surface area contributed by atoms with Gasteiger partial charge in [0, 0.05) is 24.0 Å². The van der Waals surface area contributed by atoms with Crippen molar-refractivity contribution >= 4 is 38.4 Å². The Balaban J connectivity index is 1.75. The van der Waals surface area contributed by atoms with Gasteiger partial charge in [-0.3, -0.25) is 10.1 Å². The molecule has 0 aliphatic carbocycles. The molecule has 0 bridgehead atoms. The summed E-state index contributed by atoms with van der Waals surface area (Å²) < 4.78 is 31.6. The second-order valence-electron chi connectivity index (χ2n) is 5.85. The minimum atomic E-state index is -3.60. The van der Waals surface area contributed by atoms with Crippen LogP contribution in [-0.4, -0.2) is 49.3 Å². The van der Waals surface area contributed by atoms with E-state index in [1.54, 1.807) is 6.92 Å². The Hall–Kier alpha value is -2.30. The molecule has 1 saturated heterocycles. The van der Waals surface area contributed by atoms with Crippen molar-refractivity contribution in [3.8, 4) is 0 Å². The van der Waals surface area contributed by atoms with Crippen LogP contribution < -0.4 is 5.32 Å². The quantitative estimate of drug-likeness (QED) is 0.734. The lowest BCUT2D eigenvalue weighted by atomic mass is 10.2. The number of carbonyl (C=O) groups is 2. The number of carbonyl (C=O) groups excluding carboxylic acids is 2. The van der Waals surface area contributed by atoms with Crippen molar-refractivity contribution in [1.29, 1.82) is 0 Å². The third kappa shape index (κ3) is 4.34. The lowest BCUT2D eigenvalue weighted by Gasteiger charge is -2.15. The molecule has 0 saturated carbocycles. The van der Waals surface area contributed by atoms with Crippen LogP contribution in [-0.2, 0) is 14.8 Å². The second kappa shape index (κ2) is 8.15. The van der Waals surface area contributed by atoms with E-state index in [-0.39, 0.29) is 27.9 Å². The zero-order valence-corrected chi connectivity index (χ0v) is 16.3. The highest BCUT2D eigenvalue weighted by Gasteiger charge is 2.27. The molecular weight excluding hydrogens is 390 g/mol. The molecule has 27 heavy (non-hydrogen) atoms. The summed E-state index contributed by atoms with van der Waals surface area (Å²) in [6.45, 7) is 2.91. The molecule has 3 rings (SSSR count). The first-order valence-electron chi connectivity index (χ1n) is 8.46. The summed E-state index contributed by atoms with van der Waals surface area (Å²) in [7, 11) is -3.60. The molecule has 1 N–H and O–H groups in total. The highest BCUT2D eigenvalue weighted by molar-refractivity contribution is 7.89. The van der Waals surface area contributed by atoms with Crippen LogP contribution in [0.3, 0.4) is 0 Å². The molecule has 1 aromatic carbocycles. The maximum atomic E-state index is 12.6. The average molecular weight is 409 g/mol. The minimum absolute atomic E-state index is 0.0865. The first kappa shape index (κ1) is 19.5. The normalized spacial score (nSPS) is 14.9. The van der Waals surface area contributed by atoms with Crippen molar-refractivity contribution < 1.29 is 22.7 Å². The van der Waals surface area contributed by atoms with E-state index in [1.165, 1.54) is 34.0 Å². The lowest BCUT2D eigenvalue weighted by molar-refractivity contribution is 0.0520. The highest BCUT2D eigenvalue weighted by Crippen LogP contribution is 2.22. The standard InChI is InChI=1S/C17H19N3O5S2/c1-2-25-16(22)14-11-26-17(18-14)19-15(21)12-6-5-7-13(10-12)27(23,24)20-8-3-4-9-20/h5-7,10-11H,2-4,8-9H2,1H3,(H,18,19,21). The van der Waals surface area contributed by atoms with E-state index in [4.69, 9.17) is 4.74 Å². The third-order valence-corrected chi connectivity index (χ3v) is 6.66. The maximum absolute atomic E-state index is 12.6. The first-order chi connectivity index (χ1) is 12.9. The van der Waals surface area contributed by atoms with Gasteiger partial charge in [-0.25, -0.2) is 18.2 Å². The molecule has 2 aromatic rings. The number of nitrogens with zero attached hydrogens (tertiary/aromatic N) is 2. The Kier molecular flexibility index (Phi) is 5.88. The number of amides is 1. The Bertz CT molecular complexity index is 949. The van der Waals surface area contributed by atoms with Crippen molar-refractivity contribution in [2.24, 2.45) is 0 Å². The van der Waals surface area contributed by atoms with Gasteiger partial charge in [0.2, 0.25) is 10.0 Å². The van der Waals surface area contributed by atoms with Crippen LogP contribution in [0.4, 0.5) is 5.13 Å². The molecule has 0 spiro atoms. The molecule has 1 amide bonds. The molecule has 0 radical (unpaired) electrons. The van der Waals surface area contributed by atoms with E-state index in [2.05, 4.69) is 10.3 Å². The van der Waals surface area contributed by atoms with Gasteiger partial charge in [-0.05, 0) is 38.0 Å². The van der Waals surface area contributed by atoms with Crippen LogP contribution in [0.5, 0.6) is 0 Å². The number of rotatable bonds is 6. The number of hydrogen-bond acceptors (Lipinski definition) is 7. The van der Waals surface area contributed by atoms with Gasteiger partial charge in [0.05, 0.1) is 11.5 Å². The van der Waals surface area contributed by atoms with Crippen LogP contribution in [0.25, 0.3) is 0 Å². The predicted molar refractivity (Wildman–Crippen MR) is 100 cm³/mol. The van der Waals surface area contributed by atoms with Gasteiger partial charge in [0.1, 0.15) is 0 Å². The molecule has 8 nitrogen and oxygen atoms in total. The Morgan fingerprint density at radius 1 is 1.30 bits per heavy atom. The van der Waals surface area contributed by atoms with Crippen molar-refractivity contribution in [2.75, 3.05) is 25.0 Å². The van der Waals surface area contributed by atoms with E-state index in [9.17, 15) is 18.0 Å². The van der Waals surface area contributed by atoms with Crippen molar-refractivity contribution in [3.05, 3.63) is 40.9 Å². The SMILES string of the molecule is CCOC(=O)c1csc(NC(=O)c2cccc(S(=O)(=O)N3CCCC3)c2)n1. The molecule has 1 fully saturated rings. The number of ether oxygens (including phenoxy) is 1. The minimum Gasteiger partial charge on any atom is -0.461 e. The summed E-state index contributed by atoms with van der Waals surface area (Å²) in [6.07, 6.45) is 1.68. The number of hydrogen-bond donors (Lipinski definition) is 1. The maximum Gasteiger partial charge on any atom is 0.357 e. The average Bonchev–Trinajstić information content (AvgIpc) is 3.34. The molecule has 1 aliphatic heterocycles. The largest absolute Gasteiger partial charge is 0.461 e. The predicted octanol–water partition coefficient (Wildman–Crippen LogP) is 2.36. The van der Waals surface area contributed by atoms with E-state index in [0.717, 1.165) is 24.2 Å². The van der Waals surface area contributed by atoms with Crippen LogP contribution >= 0.6 is 11.3 Å². The molecule has 0 unspecified atom stereocenters. The smallest absolute Gasteiger partial charge is 0.357 e. The molecular formula is C17H19N3O5S2. The Morgan fingerprint density at radius 2 is 2.04 bits per heavy atom. The van der Waals surface area contributed by atoms with Crippen molar-refractivity contribution in [3.63, 3.8) is 0 Å². The lowest BCUT2D eigenvalue weighted by Crippen LogP contribution is -2.28. The summed E-state index contributed by atoms with van der Waals surface area (Å²) in [5, 5.41) is 4.30. The van der Waals surface area contributed by atoms with Gasteiger partial charge < -0.3 is 4.74 Å². The van der Waals surface area contributed by atoms with Gasteiger partial charge in [-0.2, -0.15) is 4.31 Å². The number of benzene rings is 1. The first-order valence-corrected chi connectivity index (χ1v) is 10.8. The van der Waals surface area contributed by atoms with Gasteiger partial charge in [0.15, 0.2) is 10.8 Å². The Morgan fingerprint density at radius 3 is 2.74 bits per heavy atom. The molecule has 1 aliphatic rings. The fourth-order valence-electron chi connectivity index (χ4n) is 2.67. The summed E-state index contributed by atoms with van der Waals surface area (Å²) in [4.78, 5) is 28.2. The molecule has 2 heterocycles. The summed E-state index contributed by atoms with van der Waals surface area (Å²) in [5.41, 5.74) is 0.311. The van der Waals surface area contributed by atoms with E-state index >= 15 is 0 Å². The topological polar surface area (TPSA) is 106 Å². The second-order valence-corrected chi connectivity index (χ2v) is 8.65. The number of thiazole rings is 1. The number of aromatic nitrogens is 1. The number of sulfonamides is 1. The summed E-state index contributed by atoms with van der Waals surface area (Å²) >= 11 is 1.09. The van der Waals surface area contributed by atoms with E-state index in [0.29, 0.717) is 13.1 Å². The fourth-order valence-corrected chi connectivity index (χ4v) is 4.91. The molecule has 144 valence electrons. The molecule has 0 atom stereocenters. The van der Waals surface area contributed by atoms with Crippen molar-refractivity contribution in [1.82, 2.24) is 9.29 Å². The van der Waals surface area contributed by atoms with E-state index < -0.39 is 21.9 Å². The van der Waals surface area contributed by atoms with Gasteiger partial charge >= 0.3 is 5.97 Å². The van der Waals surface area contributed by atoms with Crippen LogP contribution in [0.15, 0.2) is 34.5 Å². The van der Waals surface area contributed by atoms with Gasteiger partial charge in [-0.1, -0.05) is 6.07 Å². The van der Waals surface area contributed by atoms with Crippen LogP contribution in [0.1, 0.15) is 40.6 Å². The summed E-state index contributed by atoms with van der Waals surface area (Å²) in [6, 6.07) is 5.89. The van der Waals surface area contributed by atoms with Gasteiger partial charge in [-0.15, -0.1) is 11.3 Å². The zero-order chi connectivity index (χ0) is 19.4. The molecule has 1 aromatic heterocycles.